The van der Waals surface area contributed by atoms with Crippen molar-refractivity contribution in [3.63, 3.8) is 0 Å². The zero-order chi connectivity index (χ0) is 22.9. The summed E-state index contributed by atoms with van der Waals surface area (Å²) in [7, 11) is 3.09. The van der Waals surface area contributed by atoms with Gasteiger partial charge in [0.1, 0.15) is 0 Å². The van der Waals surface area contributed by atoms with Gasteiger partial charge in [0.2, 0.25) is 0 Å². The SMILES string of the molecule is COC(=O)c1ccccc1C(O)(c1[c-]c(=O)c2ccccc2n1C)N(C(C)C)C(C)C.[Li+]. The maximum atomic E-state index is 13.0. The van der Waals surface area contributed by atoms with Gasteiger partial charge < -0.3 is 19.2 Å². The predicted octanol–water partition coefficient (Wildman–Crippen LogP) is 0.441. The van der Waals surface area contributed by atoms with E-state index < -0.39 is 11.7 Å². The number of carbonyl (C=O) groups excluding carboxylic acids is 1. The Morgan fingerprint density at radius 2 is 1.62 bits per heavy atom. The number of fused-ring (bicyclic) bond motifs is 1. The van der Waals surface area contributed by atoms with Crippen LogP contribution in [0.1, 0.15) is 49.3 Å². The van der Waals surface area contributed by atoms with E-state index in [-0.39, 0.29) is 47.6 Å². The molecule has 3 rings (SSSR count). The van der Waals surface area contributed by atoms with E-state index in [1.165, 1.54) is 7.11 Å². The quantitative estimate of drug-likeness (QED) is 0.267. The Labute approximate surface area is 201 Å². The summed E-state index contributed by atoms with van der Waals surface area (Å²) in [6.45, 7) is 7.85. The van der Waals surface area contributed by atoms with Gasteiger partial charge in [-0.3, -0.25) is 4.90 Å². The van der Waals surface area contributed by atoms with E-state index in [9.17, 15) is 14.7 Å². The van der Waals surface area contributed by atoms with Gasteiger partial charge in [-0.1, -0.05) is 36.4 Å². The number of rotatable bonds is 6. The Morgan fingerprint density at radius 1 is 1.06 bits per heavy atom. The molecule has 32 heavy (non-hydrogen) atoms. The third-order valence-electron chi connectivity index (χ3n) is 5.60. The van der Waals surface area contributed by atoms with E-state index >= 15 is 0 Å². The number of aromatic nitrogens is 1. The molecule has 1 N–H and O–H groups in total. The second kappa shape index (κ2) is 10.1. The van der Waals surface area contributed by atoms with Crippen LogP contribution in [0.3, 0.4) is 0 Å². The molecule has 0 aliphatic heterocycles. The number of methoxy groups -OCH3 is 1. The molecule has 1 unspecified atom stereocenters. The Morgan fingerprint density at radius 3 is 2.22 bits per heavy atom. The largest absolute Gasteiger partial charge is 1.00 e. The summed E-state index contributed by atoms with van der Waals surface area (Å²) in [4.78, 5) is 27.5. The van der Waals surface area contributed by atoms with Crippen LogP contribution >= 0.6 is 0 Å². The summed E-state index contributed by atoms with van der Waals surface area (Å²) < 4.78 is 6.75. The second-order valence-corrected chi connectivity index (χ2v) is 8.18. The van der Waals surface area contributed by atoms with E-state index in [0.29, 0.717) is 16.5 Å². The van der Waals surface area contributed by atoms with Crippen LogP contribution < -0.4 is 24.3 Å². The van der Waals surface area contributed by atoms with Crippen LogP contribution in [-0.2, 0) is 17.5 Å². The second-order valence-electron chi connectivity index (χ2n) is 8.18. The fraction of sp³-hybridized carbons (Fsp3) is 0.360. The molecule has 1 heterocycles. The molecule has 0 amide bonds. The van der Waals surface area contributed by atoms with Crippen molar-refractivity contribution in [2.45, 2.75) is 45.5 Å². The fourth-order valence-corrected chi connectivity index (χ4v) is 4.47. The molecule has 0 radical (unpaired) electrons. The molecule has 1 atom stereocenters. The van der Waals surface area contributed by atoms with E-state index in [1.54, 1.807) is 48.0 Å². The molecular weight excluding hydrogens is 399 g/mol. The minimum Gasteiger partial charge on any atom is -0.465 e. The van der Waals surface area contributed by atoms with Gasteiger partial charge in [0.05, 0.1) is 12.7 Å². The van der Waals surface area contributed by atoms with Gasteiger partial charge in [0.15, 0.2) is 5.72 Å². The fourth-order valence-electron chi connectivity index (χ4n) is 4.47. The van der Waals surface area contributed by atoms with Gasteiger partial charge in [-0.2, -0.15) is 6.07 Å². The maximum Gasteiger partial charge on any atom is 1.00 e. The van der Waals surface area contributed by atoms with E-state index in [4.69, 9.17) is 4.74 Å². The van der Waals surface area contributed by atoms with Crippen LogP contribution in [0.4, 0.5) is 0 Å². The normalized spacial score (nSPS) is 13.3. The minimum absolute atomic E-state index is 0. The summed E-state index contributed by atoms with van der Waals surface area (Å²) in [5, 5.41) is 13.0. The first-order valence-corrected chi connectivity index (χ1v) is 10.3. The number of esters is 1. The van der Waals surface area contributed by atoms with E-state index in [2.05, 4.69) is 6.07 Å². The molecule has 0 saturated heterocycles. The smallest absolute Gasteiger partial charge is 0.465 e. The number of nitrogens with zero attached hydrogens (tertiary/aromatic N) is 2. The monoisotopic (exact) mass is 428 g/mol. The van der Waals surface area contributed by atoms with E-state index in [1.807, 2.05) is 44.7 Å². The zero-order valence-corrected chi connectivity index (χ0v) is 19.8. The van der Waals surface area contributed by atoms with Gasteiger partial charge in [0, 0.05) is 30.1 Å². The van der Waals surface area contributed by atoms with Crippen molar-refractivity contribution in [2.24, 2.45) is 7.05 Å². The molecule has 6 nitrogen and oxygen atoms in total. The van der Waals surface area contributed by atoms with Gasteiger partial charge in [-0.05, 0) is 45.0 Å². The standard InChI is InChI=1S/C25H29N2O4.Li/c1-16(2)27(17(3)4)25(30,20-13-9-7-11-18(20)24(29)31-6)23-15-22(28)19-12-8-10-14-21(19)26(23)5;/h7-14,16-17,30H,1-6H3;/q-1;+1. The van der Waals surface area contributed by atoms with Crippen molar-refractivity contribution in [3.05, 3.63) is 81.6 Å². The maximum absolute atomic E-state index is 13.0. The summed E-state index contributed by atoms with van der Waals surface area (Å²) in [5.74, 6) is -0.563. The molecule has 0 aliphatic carbocycles. The molecule has 3 aromatic rings. The Balaban J connectivity index is 0.00000363. The van der Waals surface area contributed by atoms with Gasteiger partial charge >= 0.3 is 24.8 Å². The molecule has 0 spiro atoms. The van der Waals surface area contributed by atoms with Crippen molar-refractivity contribution in [2.75, 3.05) is 7.11 Å². The average Bonchev–Trinajstić information content (AvgIpc) is 2.75. The number of ether oxygens (including phenoxy) is 1. The molecule has 2 aromatic carbocycles. The molecule has 1 aromatic heterocycles. The van der Waals surface area contributed by atoms with Crippen LogP contribution in [-0.4, -0.2) is 39.7 Å². The summed E-state index contributed by atoms with van der Waals surface area (Å²) in [6, 6.07) is 16.6. The number of benzene rings is 2. The van der Waals surface area contributed by atoms with Crippen molar-refractivity contribution in [1.29, 1.82) is 0 Å². The van der Waals surface area contributed by atoms with Crippen LogP contribution in [0.5, 0.6) is 0 Å². The Bertz CT molecular complexity index is 1160. The van der Waals surface area contributed by atoms with Crippen molar-refractivity contribution in [1.82, 2.24) is 9.47 Å². The van der Waals surface area contributed by atoms with Gasteiger partial charge in [-0.15, -0.1) is 11.5 Å². The van der Waals surface area contributed by atoms with Gasteiger partial charge in [0.25, 0.3) is 0 Å². The number of hydrogen-bond donors (Lipinski definition) is 1. The summed E-state index contributed by atoms with van der Waals surface area (Å²) in [6.07, 6.45) is 0. The topological polar surface area (TPSA) is 71.8 Å². The number of hydrogen-bond acceptors (Lipinski definition) is 5. The molecule has 0 bridgehead atoms. The van der Waals surface area contributed by atoms with Crippen LogP contribution in [0, 0.1) is 6.07 Å². The number of carbonyl (C=O) groups is 1. The number of aliphatic hydroxyl groups is 1. The Kier molecular flexibility index (Phi) is 8.14. The first kappa shape index (κ1) is 25.9. The number of aryl methyl sites for hydroxylation is 1. The molecule has 7 heteroatoms. The molecular formula is C25H29LiN2O4. The molecule has 0 saturated carbocycles. The Hall–Kier alpha value is -2.36. The van der Waals surface area contributed by atoms with Crippen molar-refractivity contribution in [3.8, 4) is 0 Å². The van der Waals surface area contributed by atoms with Crippen LogP contribution in [0.25, 0.3) is 10.9 Å². The van der Waals surface area contributed by atoms with E-state index in [0.717, 1.165) is 0 Å². The third kappa shape index (κ3) is 4.29. The molecule has 0 fully saturated rings. The van der Waals surface area contributed by atoms with Crippen LogP contribution in [0.2, 0.25) is 0 Å². The summed E-state index contributed by atoms with van der Waals surface area (Å²) in [5.41, 5.74) is -0.633. The zero-order valence-electron chi connectivity index (χ0n) is 19.8. The number of pyridine rings is 1. The van der Waals surface area contributed by atoms with Gasteiger partial charge in [-0.25, -0.2) is 4.79 Å². The molecule has 164 valence electrons. The number of para-hydroxylation sites is 1. The minimum atomic E-state index is -1.81. The third-order valence-corrected chi connectivity index (χ3v) is 5.60. The van der Waals surface area contributed by atoms with Crippen molar-refractivity contribution >= 4 is 16.9 Å². The summed E-state index contributed by atoms with van der Waals surface area (Å²) >= 11 is 0. The average molecular weight is 428 g/mol. The molecule has 0 aliphatic rings. The first-order valence-electron chi connectivity index (χ1n) is 10.3. The predicted molar refractivity (Wildman–Crippen MR) is 121 cm³/mol. The van der Waals surface area contributed by atoms with Crippen LogP contribution in [0.15, 0.2) is 53.3 Å². The van der Waals surface area contributed by atoms with Crippen molar-refractivity contribution < 1.29 is 33.5 Å². The first-order chi connectivity index (χ1) is 14.6.